The Balaban J connectivity index is 1.78. The van der Waals surface area contributed by atoms with E-state index in [4.69, 9.17) is 10.2 Å². The third kappa shape index (κ3) is 3.36. The summed E-state index contributed by atoms with van der Waals surface area (Å²) < 4.78 is 5.89. The summed E-state index contributed by atoms with van der Waals surface area (Å²) >= 11 is 1.40. The van der Waals surface area contributed by atoms with Gasteiger partial charge in [-0.25, -0.2) is 9.97 Å². The van der Waals surface area contributed by atoms with Gasteiger partial charge in [-0.3, -0.25) is 4.79 Å². The summed E-state index contributed by atoms with van der Waals surface area (Å²) in [5.74, 6) is 0.803. The Bertz CT molecular complexity index is 1160. The van der Waals surface area contributed by atoms with Gasteiger partial charge in [0.1, 0.15) is 22.8 Å². The van der Waals surface area contributed by atoms with E-state index in [-0.39, 0.29) is 5.41 Å². The zero-order valence-electron chi connectivity index (χ0n) is 15.8. The molecule has 1 aromatic carbocycles. The van der Waals surface area contributed by atoms with Crippen LogP contribution in [0.25, 0.3) is 22.4 Å². The maximum atomic E-state index is 11.9. The standard InChI is InChI=1S/C21H20N4O2S/c1-21(2,3)16-10-14(17(28-16)18(22)26)25-19-13-9-15(12-7-5-4-6-8-12)27-20(13)24-11-23-19/h4-11H,1-3H3,(H2,22,26)(H,23,24,25). The van der Waals surface area contributed by atoms with Crippen molar-refractivity contribution in [2.24, 2.45) is 5.73 Å². The van der Waals surface area contributed by atoms with E-state index < -0.39 is 5.91 Å². The van der Waals surface area contributed by atoms with Crippen LogP contribution in [0.15, 0.2) is 53.2 Å². The number of hydrogen-bond donors (Lipinski definition) is 2. The molecule has 3 heterocycles. The number of nitrogens with one attached hydrogen (secondary N) is 1. The van der Waals surface area contributed by atoms with Crippen LogP contribution in [-0.2, 0) is 5.41 Å². The highest BCUT2D eigenvalue weighted by Gasteiger charge is 2.23. The molecule has 1 amide bonds. The number of aromatic nitrogens is 2. The summed E-state index contributed by atoms with van der Waals surface area (Å²) in [5, 5.41) is 3.99. The number of primary amides is 1. The van der Waals surface area contributed by atoms with Crippen LogP contribution in [0.2, 0.25) is 0 Å². The van der Waals surface area contributed by atoms with Gasteiger partial charge < -0.3 is 15.5 Å². The summed E-state index contributed by atoms with van der Waals surface area (Å²) in [6.07, 6.45) is 1.43. The lowest BCUT2D eigenvalue weighted by molar-refractivity contribution is 0.100. The summed E-state index contributed by atoms with van der Waals surface area (Å²) in [7, 11) is 0. The quantitative estimate of drug-likeness (QED) is 0.504. The molecule has 6 nitrogen and oxygen atoms in total. The molecule has 0 bridgehead atoms. The summed E-state index contributed by atoms with van der Waals surface area (Å²) in [6, 6.07) is 13.6. The average Bonchev–Trinajstić information content (AvgIpc) is 3.27. The number of furan rings is 1. The Hall–Kier alpha value is -3.19. The molecule has 4 rings (SSSR count). The summed E-state index contributed by atoms with van der Waals surface area (Å²) in [5.41, 5.74) is 7.58. The number of carbonyl (C=O) groups is 1. The molecule has 3 aromatic heterocycles. The van der Waals surface area contributed by atoms with Crippen molar-refractivity contribution in [3.8, 4) is 11.3 Å². The Morgan fingerprint density at radius 2 is 1.89 bits per heavy atom. The van der Waals surface area contributed by atoms with Gasteiger partial charge in [-0.15, -0.1) is 11.3 Å². The van der Waals surface area contributed by atoms with Crippen LogP contribution in [0, 0.1) is 0 Å². The number of amides is 1. The van der Waals surface area contributed by atoms with Crippen molar-refractivity contribution in [2.45, 2.75) is 26.2 Å². The normalized spacial score (nSPS) is 11.7. The highest BCUT2D eigenvalue weighted by atomic mass is 32.1. The molecule has 0 unspecified atom stereocenters. The van der Waals surface area contributed by atoms with Gasteiger partial charge in [0.15, 0.2) is 0 Å². The van der Waals surface area contributed by atoms with Crippen LogP contribution < -0.4 is 11.1 Å². The predicted octanol–water partition coefficient (Wildman–Crippen LogP) is 5.09. The largest absolute Gasteiger partial charge is 0.438 e. The number of anilines is 2. The smallest absolute Gasteiger partial charge is 0.260 e. The minimum absolute atomic E-state index is 0.0914. The first kappa shape index (κ1) is 18.2. The second-order valence-electron chi connectivity index (χ2n) is 7.51. The number of rotatable bonds is 4. The monoisotopic (exact) mass is 392 g/mol. The van der Waals surface area contributed by atoms with Gasteiger partial charge in [-0.1, -0.05) is 51.1 Å². The molecule has 0 aliphatic rings. The van der Waals surface area contributed by atoms with Crippen LogP contribution in [0.3, 0.4) is 0 Å². The predicted molar refractivity (Wildman–Crippen MR) is 112 cm³/mol. The molecule has 7 heteroatoms. The third-order valence-corrected chi connectivity index (χ3v) is 5.91. The molecule has 4 aromatic rings. The molecule has 0 spiro atoms. The van der Waals surface area contributed by atoms with E-state index in [1.54, 1.807) is 0 Å². The number of hydrogen-bond acceptors (Lipinski definition) is 6. The number of thiophene rings is 1. The number of fused-ring (bicyclic) bond motifs is 1. The third-order valence-electron chi connectivity index (χ3n) is 4.34. The van der Waals surface area contributed by atoms with E-state index in [0.717, 1.165) is 15.8 Å². The maximum Gasteiger partial charge on any atom is 0.260 e. The van der Waals surface area contributed by atoms with Gasteiger partial charge in [0.25, 0.3) is 5.91 Å². The fraction of sp³-hybridized carbons (Fsp3) is 0.190. The van der Waals surface area contributed by atoms with Gasteiger partial charge in [0.05, 0.1) is 11.1 Å². The first-order valence-corrected chi connectivity index (χ1v) is 9.65. The lowest BCUT2D eigenvalue weighted by atomic mass is 9.94. The van der Waals surface area contributed by atoms with Crippen LogP contribution >= 0.6 is 11.3 Å². The molecule has 0 fully saturated rings. The second-order valence-corrected chi connectivity index (χ2v) is 8.56. The SMILES string of the molecule is CC(C)(C)c1cc(Nc2ncnc3oc(-c4ccccc4)cc23)c(C(N)=O)s1. The van der Waals surface area contributed by atoms with E-state index in [9.17, 15) is 4.79 Å². The molecule has 0 aliphatic heterocycles. The van der Waals surface area contributed by atoms with Crippen molar-refractivity contribution in [3.63, 3.8) is 0 Å². The minimum Gasteiger partial charge on any atom is -0.438 e. The van der Waals surface area contributed by atoms with E-state index >= 15 is 0 Å². The van der Waals surface area contributed by atoms with E-state index in [1.807, 2.05) is 42.5 Å². The van der Waals surface area contributed by atoms with Gasteiger partial charge >= 0.3 is 0 Å². The number of carbonyl (C=O) groups excluding carboxylic acids is 1. The van der Waals surface area contributed by atoms with E-state index in [1.165, 1.54) is 17.7 Å². The average molecular weight is 392 g/mol. The van der Waals surface area contributed by atoms with Crippen LogP contribution in [0.5, 0.6) is 0 Å². The van der Waals surface area contributed by atoms with Crippen molar-refractivity contribution < 1.29 is 9.21 Å². The number of benzene rings is 1. The minimum atomic E-state index is -0.467. The maximum absolute atomic E-state index is 11.9. The number of nitrogens with zero attached hydrogens (tertiary/aromatic N) is 2. The van der Waals surface area contributed by atoms with Crippen LogP contribution in [0.4, 0.5) is 11.5 Å². The Labute approximate surface area is 166 Å². The highest BCUT2D eigenvalue weighted by molar-refractivity contribution is 7.14. The summed E-state index contributed by atoms with van der Waals surface area (Å²) in [6.45, 7) is 6.29. The molecule has 0 aliphatic carbocycles. The van der Waals surface area contributed by atoms with E-state index in [2.05, 4.69) is 36.1 Å². The topological polar surface area (TPSA) is 94.0 Å². The van der Waals surface area contributed by atoms with Crippen molar-refractivity contribution in [2.75, 3.05) is 5.32 Å². The lowest BCUT2D eigenvalue weighted by Crippen LogP contribution is -2.11. The molecular formula is C21H20N4O2S. The van der Waals surface area contributed by atoms with Crippen LogP contribution in [0.1, 0.15) is 35.3 Å². The van der Waals surface area contributed by atoms with Crippen molar-refractivity contribution in [1.29, 1.82) is 0 Å². The molecule has 28 heavy (non-hydrogen) atoms. The van der Waals surface area contributed by atoms with Gasteiger partial charge in [0.2, 0.25) is 5.71 Å². The molecule has 0 atom stereocenters. The zero-order valence-corrected chi connectivity index (χ0v) is 16.6. The van der Waals surface area contributed by atoms with Crippen molar-refractivity contribution >= 4 is 39.8 Å². The fourth-order valence-corrected chi connectivity index (χ4v) is 3.89. The Kier molecular flexibility index (Phi) is 4.39. The highest BCUT2D eigenvalue weighted by Crippen LogP contribution is 2.38. The van der Waals surface area contributed by atoms with Crippen molar-refractivity contribution in [3.05, 3.63) is 58.5 Å². The lowest BCUT2D eigenvalue weighted by Gasteiger charge is -2.15. The fourth-order valence-electron chi connectivity index (χ4n) is 2.86. The van der Waals surface area contributed by atoms with Gasteiger partial charge in [-0.2, -0.15) is 0 Å². The van der Waals surface area contributed by atoms with Gasteiger partial charge in [-0.05, 0) is 17.5 Å². The molecule has 142 valence electrons. The molecule has 0 saturated carbocycles. The zero-order chi connectivity index (χ0) is 19.9. The Morgan fingerprint density at radius 1 is 1.14 bits per heavy atom. The Morgan fingerprint density at radius 3 is 2.57 bits per heavy atom. The molecular weight excluding hydrogens is 372 g/mol. The van der Waals surface area contributed by atoms with Gasteiger partial charge in [0, 0.05) is 10.4 Å². The van der Waals surface area contributed by atoms with E-state index in [0.29, 0.717) is 27.9 Å². The molecule has 3 N–H and O–H groups in total. The molecule has 0 saturated heterocycles. The van der Waals surface area contributed by atoms with Crippen LogP contribution in [-0.4, -0.2) is 15.9 Å². The first-order valence-electron chi connectivity index (χ1n) is 8.84. The summed E-state index contributed by atoms with van der Waals surface area (Å²) in [4.78, 5) is 22.1. The first-order chi connectivity index (χ1) is 13.3. The van der Waals surface area contributed by atoms with Crippen molar-refractivity contribution in [1.82, 2.24) is 9.97 Å². The number of nitrogens with two attached hydrogens (primary N) is 1. The molecule has 0 radical (unpaired) electrons. The second kappa shape index (κ2) is 6.76.